The number of aliphatic imine (C=N–C) groups is 1. The van der Waals surface area contributed by atoms with Crippen molar-refractivity contribution in [3.8, 4) is 11.5 Å². The number of rotatable bonds is 6. The maximum atomic E-state index is 13.1. The van der Waals surface area contributed by atoms with Crippen LogP contribution in [0.3, 0.4) is 0 Å². The Bertz CT molecular complexity index is 796. The van der Waals surface area contributed by atoms with Crippen molar-refractivity contribution < 1.29 is 18.6 Å². The van der Waals surface area contributed by atoms with Crippen LogP contribution in [0.2, 0.25) is 0 Å². The Morgan fingerprint density at radius 1 is 1.14 bits per heavy atom. The third kappa shape index (κ3) is 5.36. The van der Waals surface area contributed by atoms with Gasteiger partial charge in [0.1, 0.15) is 11.9 Å². The van der Waals surface area contributed by atoms with E-state index >= 15 is 0 Å². The lowest BCUT2D eigenvalue weighted by molar-refractivity contribution is 0.111. The van der Waals surface area contributed by atoms with Crippen molar-refractivity contribution in [2.45, 2.75) is 19.4 Å². The second-order valence-corrected chi connectivity index (χ2v) is 6.33. The molecule has 150 valence electrons. The molecule has 2 aromatic rings. The fraction of sp³-hybridized carbons (Fsp3) is 0.381. The van der Waals surface area contributed by atoms with Gasteiger partial charge >= 0.3 is 0 Å². The first-order valence-electron chi connectivity index (χ1n) is 9.43. The highest BCUT2D eigenvalue weighted by Crippen LogP contribution is 2.32. The molecule has 0 radical (unpaired) electrons. The summed E-state index contributed by atoms with van der Waals surface area (Å²) in [4.78, 5) is 4.61. The van der Waals surface area contributed by atoms with Crippen molar-refractivity contribution in [1.82, 2.24) is 5.32 Å². The Morgan fingerprint density at radius 2 is 1.89 bits per heavy atom. The first-order valence-corrected chi connectivity index (χ1v) is 9.43. The second kappa shape index (κ2) is 9.94. The van der Waals surface area contributed by atoms with Crippen molar-refractivity contribution in [2.75, 3.05) is 38.7 Å². The lowest BCUT2D eigenvalue weighted by Crippen LogP contribution is -2.31. The van der Waals surface area contributed by atoms with E-state index in [1.54, 1.807) is 19.2 Å². The number of hydrogen-bond acceptors (Lipinski definition) is 4. The van der Waals surface area contributed by atoms with E-state index in [4.69, 9.17) is 14.2 Å². The number of benzene rings is 2. The molecule has 28 heavy (non-hydrogen) atoms. The number of nitrogens with one attached hydrogen (secondary N) is 2. The van der Waals surface area contributed by atoms with E-state index < -0.39 is 0 Å². The average molecular weight is 387 g/mol. The fourth-order valence-corrected chi connectivity index (χ4v) is 2.85. The summed E-state index contributed by atoms with van der Waals surface area (Å²) in [6.45, 7) is 4.40. The van der Waals surface area contributed by atoms with E-state index in [1.807, 2.05) is 25.1 Å². The van der Waals surface area contributed by atoms with Crippen LogP contribution in [0.5, 0.6) is 11.5 Å². The molecule has 7 heteroatoms. The van der Waals surface area contributed by atoms with E-state index in [0.717, 1.165) is 29.2 Å². The zero-order chi connectivity index (χ0) is 19.8. The first-order chi connectivity index (χ1) is 13.7. The van der Waals surface area contributed by atoms with E-state index in [0.29, 0.717) is 32.3 Å². The fourth-order valence-electron chi connectivity index (χ4n) is 2.85. The number of nitrogens with zero attached hydrogens (tertiary/aromatic N) is 1. The Labute approximate surface area is 164 Å². The zero-order valence-corrected chi connectivity index (χ0v) is 16.2. The quantitative estimate of drug-likeness (QED) is 0.584. The summed E-state index contributed by atoms with van der Waals surface area (Å²) < 4.78 is 30.1. The van der Waals surface area contributed by atoms with E-state index in [1.165, 1.54) is 12.1 Å². The Balaban J connectivity index is 1.71. The van der Waals surface area contributed by atoms with Crippen LogP contribution in [0.4, 0.5) is 10.1 Å². The molecule has 1 atom stereocenters. The highest BCUT2D eigenvalue weighted by atomic mass is 19.1. The number of fused-ring (bicyclic) bond motifs is 1. The van der Waals surface area contributed by atoms with Gasteiger partial charge in [-0.2, -0.15) is 0 Å². The number of guanidine groups is 1. The molecule has 0 spiro atoms. The van der Waals surface area contributed by atoms with Crippen LogP contribution in [0.15, 0.2) is 47.5 Å². The number of halogens is 1. The third-order valence-electron chi connectivity index (χ3n) is 4.30. The molecule has 2 aromatic carbocycles. The van der Waals surface area contributed by atoms with Crippen molar-refractivity contribution >= 4 is 11.6 Å². The van der Waals surface area contributed by atoms with E-state index in [2.05, 4.69) is 15.6 Å². The van der Waals surface area contributed by atoms with Gasteiger partial charge in [0.15, 0.2) is 17.5 Å². The van der Waals surface area contributed by atoms with E-state index in [9.17, 15) is 4.39 Å². The summed E-state index contributed by atoms with van der Waals surface area (Å²) >= 11 is 0. The number of anilines is 1. The molecule has 2 N–H and O–H groups in total. The standard InChI is InChI=1S/C21H26FN3O3/c1-3-23-21(24-14-20(26-2)15-5-7-16(22)8-6-15)25-17-9-10-18-19(13-17)28-12-4-11-27-18/h5-10,13,20H,3-4,11-12,14H2,1-2H3,(H2,23,24,25). The molecule has 0 aromatic heterocycles. The Morgan fingerprint density at radius 3 is 2.61 bits per heavy atom. The minimum absolute atomic E-state index is 0.264. The molecule has 0 fully saturated rings. The largest absolute Gasteiger partial charge is 0.490 e. The maximum absolute atomic E-state index is 13.1. The van der Waals surface area contributed by atoms with Crippen molar-refractivity contribution in [2.24, 2.45) is 4.99 Å². The highest BCUT2D eigenvalue weighted by Gasteiger charge is 2.13. The van der Waals surface area contributed by atoms with Gasteiger partial charge in [0.25, 0.3) is 0 Å². The lowest BCUT2D eigenvalue weighted by atomic mass is 10.1. The molecule has 0 aliphatic carbocycles. The van der Waals surface area contributed by atoms with Crippen molar-refractivity contribution in [3.05, 3.63) is 53.8 Å². The molecule has 0 saturated carbocycles. The SMILES string of the molecule is CCNC(=NCC(OC)c1ccc(F)cc1)Nc1ccc2c(c1)OCCCO2. The topological polar surface area (TPSA) is 64.1 Å². The molecule has 1 aliphatic rings. The van der Waals surface area contributed by atoms with Crippen LogP contribution in [-0.4, -0.2) is 39.4 Å². The van der Waals surface area contributed by atoms with Gasteiger partial charge in [-0.3, -0.25) is 0 Å². The molecule has 0 bridgehead atoms. The summed E-state index contributed by atoms with van der Waals surface area (Å²) in [5.74, 6) is 1.83. The van der Waals surface area contributed by atoms with Crippen LogP contribution in [0, 0.1) is 5.82 Å². The molecule has 1 unspecified atom stereocenters. The highest BCUT2D eigenvalue weighted by molar-refractivity contribution is 5.93. The number of hydrogen-bond donors (Lipinski definition) is 2. The second-order valence-electron chi connectivity index (χ2n) is 6.33. The van der Waals surface area contributed by atoms with Crippen LogP contribution < -0.4 is 20.1 Å². The molecular formula is C21H26FN3O3. The van der Waals surface area contributed by atoms with E-state index in [-0.39, 0.29) is 11.9 Å². The summed E-state index contributed by atoms with van der Waals surface area (Å²) in [5.41, 5.74) is 1.72. The summed E-state index contributed by atoms with van der Waals surface area (Å²) in [6.07, 6.45) is 0.600. The van der Waals surface area contributed by atoms with Gasteiger partial charge in [-0.1, -0.05) is 12.1 Å². The predicted octanol–water partition coefficient (Wildman–Crippen LogP) is 3.75. The Hall–Kier alpha value is -2.80. The summed E-state index contributed by atoms with van der Waals surface area (Å²) in [6, 6.07) is 12.0. The molecule has 1 heterocycles. The van der Waals surface area contributed by atoms with Gasteiger partial charge < -0.3 is 24.8 Å². The lowest BCUT2D eigenvalue weighted by Gasteiger charge is -2.16. The molecule has 0 amide bonds. The molecular weight excluding hydrogens is 361 g/mol. The molecule has 6 nitrogen and oxygen atoms in total. The molecule has 0 saturated heterocycles. The average Bonchev–Trinajstić information content (AvgIpc) is 2.95. The maximum Gasteiger partial charge on any atom is 0.195 e. The zero-order valence-electron chi connectivity index (χ0n) is 16.2. The minimum atomic E-state index is -0.272. The third-order valence-corrected chi connectivity index (χ3v) is 4.30. The number of methoxy groups -OCH3 is 1. The monoisotopic (exact) mass is 387 g/mol. The predicted molar refractivity (Wildman–Crippen MR) is 108 cm³/mol. The van der Waals surface area contributed by atoms with Crippen LogP contribution in [0.25, 0.3) is 0 Å². The van der Waals surface area contributed by atoms with Gasteiger partial charge in [-0.05, 0) is 36.8 Å². The number of ether oxygens (including phenoxy) is 3. The first kappa shape index (κ1) is 19.9. The van der Waals surface area contributed by atoms with Crippen LogP contribution in [0.1, 0.15) is 25.0 Å². The smallest absolute Gasteiger partial charge is 0.195 e. The summed E-state index contributed by atoms with van der Waals surface area (Å²) in [7, 11) is 1.62. The van der Waals surface area contributed by atoms with Gasteiger partial charge in [0, 0.05) is 31.8 Å². The van der Waals surface area contributed by atoms with Crippen LogP contribution >= 0.6 is 0 Å². The Kier molecular flexibility index (Phi) is 7.08. The molecule has 1 aliphatic heterocycles. The minimum Gasteiger partial charge on any atom is -0.490 e. The van der Waals surface area contributed by atoms with Gasteiger partial charge in [-0.15, -0.1) is 0 Å². The molecule has 3 rings (SSSR count). The van der Waals surface area contributed by atoms with Crippen molar-refractivity contribution in [1.29, 1.82) is 0 Å². The van der Waals surface area contributed by atoms with Crippen LogP contribution in [-0.2, 0) is 4.74 Å². The van der Waals surface area contributed by atoms with Gasteiger partial charge in [-0.25, -0.2) is 9.38 Å². The summed E-state index contributed by atoms with van der Waals surface area (Å²) in [5, 5.41) is 6.49. The van der Waals surface area contributed by atoms with Crippen molar-refractivity contribution in [3.63, 3.8) is 0 Å². The van der Waals surface area contributed by atoms with Gasteiger partial charge in [0.05, 0.1) is 19.8 Å². The van der Waals surface area contributed by atoms with Gasteiger partial charge in [0.2, 0.25) is 0 Å². The normalized spacial score (nSPS) is 14.9.